The zero-order valence-electron chi connectivity index (χ0n) is 26.0. The molecule has 1 spiro atoms. The van der Waals surface area contributed by atoms with E-state index >= 15 is 0 Å². The summed E-state index contributed by atoms with van der Waals surface area (Å²) in [6.45, 7) is 0. The van der Waals surface area contributed by atoms with Crippen LogP contribution in [0.15, 0.2) is 180 Å². The molecule has 0 radical (unpaired) electrons. The van der Waals surface area contributed by atoms with Crippen LogP contribution >= 0.6 is 11.8 Å². The third-order valence-electron chi connectivity index (χ3n) is 9.97. The molecule has 1 aliphatic carbocycles. The number of aromatic nitrogens is 2. The predicted octanol–water partition coefficient (Wildman–Crippen LogP) is 11.5. The van der Waals surface area contributed by atoms with Gasteiger partial charge in [0.1, 0.15) is 0 Å². The summed E-state index contributed by atoms with van der Waals surface area (Å²) in [5, 5.41) is 1.05. The Morgan fingerprint density at radius 2 is 0.979 bits per heavy atom. The molecule has 0 amide bonds. The molecule has 0 bridgehead atoms. The highest BCUT2D eigenvalue weighted by Crippen LogP contribution is 2.62. The Morgan fingerprint density at radius 1 is 0.396 bits per heavy atom. The van der Waals surface area contributed by atoms with Gasteiger partial charge >= 0.3 is 0 Å². The summed E-state index contributed by atoms with van der Waals surface area (Å²) in [7, 11) is 0. The summed E-state index contributed by atoms with van der Waals surface area (Å²) in [5.74, 6) is 0.740. The van der Waals surface area contributed by atoms with Gasteiger partial charge in [0.15, 0.2) is 5.82 Å². The molecule has 10 rings (SSSR count). The number of hydrogen-bond acceptors (Lipinski definition) is 3. The molecule has 0 saturated heterocycles. The first-order valence-corrected chi connectivity index (χ1v) is 17.1. The van der Waals surface area contributed by atoms with E-state index in [0.717, 1.165) is 33.5 Å². The molecular weight excluding hydrogens is 601 g/mol. The second kappa shape index (κ2) is 10.6. The fourth-order valence-electron chi connectivity index (χ4n) is 7.87. The maximum atomic E-state index is 5.09. The van der Waals surface area contributed by atoms with E-state index in [1.54, 1.807) is 0 Å². The topological polar surface area (TPSA) is 25.8 Å². The normalized spacial score (nSPS) is 13.5. The average molecular weight is 629 g/mol. The Balaban J connectivity index is 1.11. The van der Waals surface area contributed by atoms with E-state index in [1.165, 1.54) is 54.3 Å². The zero-order valence-corrected chi connectivity index (χ0v) is 26.8. The SMILES string of the molecule is c1ccc(-c2nc(-c3ccc(-c4ccc5c(c4)-c4ccccc4C54c5ccccc5Sc5ccccc54)cc3)c3ccccc3n2)cc1. The molecule has 0 atom stereocenters. The summed E-state index contributed by atoms with van der Waals surface area (Å²) < 4.78 is 0. The van der Waals surface area contributed by atoms with Gasteiger partial charge in [-0.1, -0.05) is 157 Å². The van der Waals surface area contributed by atoms with Gasteiger partial charge in [-0.05, 0) is 68.8 Å². The molecule has 0 N–H and O–H groups in total. The highest BCUT2D eigenvalue weighted by Gasteiger charge is 2.50. The molecule has 0 unspecified atom stereocenters. The molecule has 7 aromatic carbocycles. The van der Waals surface area contributed by atoms with Gasteiger partial charge in [0.25, 0.3) is 0 Å². The zero-order chi connectivity index (χ0) is 31.7. The first-order valence-electron chi connectivity index (χ1n) is 16.3. The lowest BCUT2D eigenvalue weighted by Crippen LogP contribution is -2.31. The molecular formula is C45H28N2S. The van der Waals surface area contributed by atoms with E-state index in [-0.39, 0.29) is 5.41 Å². The van der Waals surface area contributed by atoms with Crippen molar-refractivity contribution in [3.8, 4) is 44.9 Å². The average Bonchev–Trinajstić information content (AvgIpc) is 3.45. The summed E-state index contributed by atoms with van der Waals surface area (Å²) in [4.78, 5) is 12.6. The van der Waals surface area contributed by atoms with Crippen molar-refractivity contribution in [1.82, 2.24) is 9.97 Å². The molecule has 2 aliphatic rings. The van der Waals surface area contributed by atoms with Crippen molar-refractivity contribution < 1.29 is 0 Å². The van der Waals surface area contributed by atoms with E-state index in [4.69, 9.17) is 9.97 Å². The van der Waals surface area contributed by atoms with Gasteiger partial charge in [0, 0.05) is 26.3 Å². The lowest BCUT2D eigenvalue weighted by atomic mass is 9.67. The highest BCUT2D eigenvalue weighted by molar-refractivity contribution is 7.99. The molecule has 0 fully saturated rings. The Bertz CT molecular complexity index is 2490. The second-order valence-electron chi connectivity index (χ2n) is 12.5. The maximum absolute atomic E-state index is 5.09. The standard InChI is InChI=1S/C45H28N2S/c1-2-12-31(13-3-1)44-46-40-19-9-5-15-34(40)43(47-44)30-24-22-29(23-25-30)32-26-27-37-35(28-32)33-14-4-6-16-36(33)45(37)38-17-7-10-20-41(38)48-42-21-11-8-18-39(42)45/h1-28H. The van der Waals surface area contributed by atoms with Crippen molar-refractivity contribution in [3.05, 3.63) is 192 Å². The quantitative estimate of drug-likeness (QED) is 0.195. The fraction of sp³-hybridized carbons (Fsp3) is 0.0222. The number of benzene rings is 7. The Morgan fingerprint density at radius 3 is 1.75 bits per heavy atom. The van der Waals surface area contributed by atoms with E-state index in [0.29, 0.717) is 0 Å². The van der Waals surface area contributed by atoms with Crippen molar-refractivity contribution in [3.63, 3.8) is 0 Å². The number of nitrogens with zero attached hydrogens (tertiary/aromatic N) is 2. The van der Waals surface area contributed by atoms with Crippen molar-refractivity contribution in [1.29, 1.82) is 0 Å². The van der Waals surface area contributed by atoms with E-state index in [1.807, 2.05) is 36.0 Å². The fourth-order valence-corrected chi connectivity index (χ4v) is 9.06. The van der Waals surface area contributed by atoms with Crippen LogP contribution in [0.25, 0.3) is 55.8 Å². The van der Waals surface area contributed by atoms with Gasteiger partial charge in [-0.25, -0.2) is 9.97 Å². The lowest BCUT2D eigenvalue weighted by molar-refractivity contribution is 0.722. The number of para-hydroxylation sites is 1. The first kappa shape index (κ1) is 27.4. The van der Waals surface area contributed by atoms with Crippen LogP contribution in [0.4, 0.5) is 0 Å². The molecule has 224 valence electrons. The minimum Gasteiger partial charge on any atom is -0.228 e. The van der Waals surface area contributed by atoms with Crippen molar-refractivity contribution in [2.24, 2.45) is 0 Å². The van der Waals surface area contributed by atoms with Crippen LogP contribution in [-0.4, -0.2) is 9.97 Å². The number of fused-ring (bicyclic) bond motifs is 10. The Labute approximate surface area is 283 Å². The van der Waals surface area contributed by atoms with Crippen LogP contribution in [0.3, 0.4) is 0 Å². The molecule has 1 aromatic heterocycles. The maximum Gasteiger partial charge on any atom is 0.160 e. The van der Waals surface area contributed by atoms with E-state index in [2.05, 4.69) is 146 Å². The monoisotopic (exact) mass is 628 g/mol. The minimum absolute atomic E-state index is 0.350. The Kier molecular flexibility index (Phi) is 6.06. The highest BCUT2D eigenvalue weighted by atomic mass is 32.2. The number of hydrogen-bond donors (Lipinski definition) is 0. The summed E-state index contributed by atoms with van der Waals surface area (Å²) >= 11 is 1.88. The van der Waals surface area contributed by atoms with E-state index in [9.17, 15) is 0 Å². The van der Waals surface area contributed by atoms with Gasteiger partial charge in [-0.3, -0.25) is 0 Å². The lowest BCUT2D eigenvalue weighted by Gasteiger charge is -2.39. The number of rotatable bonds is 3. The molecule has 2 heterocycles. The summed E-state index contributed by atoms with van der Waals surface area (Å²) in [6, 6.07) is 61.4. The van der Waals surface area contributed by atoms with Crippen LogP contribution in [-0.2, 0) is 5.41 Å². The summed E-state index contributed by atoms with van der Waals surface area (Å²) in [5.41, 5.74) is 14.1. The predicted molar refractivity (Wildman–Crippen MR) is 197 cm³/mol. The van der Waals surface area contributed by atoms with Crippen molar-refractivity contribution in [2.75, 3.05) is 0 Å². The second-order valence-corrected chi connectivity index (χ2v) is 13.6. The van der Waals surface area contributed by atoms with Gasteiger partial charge in [0.2, 0.25) is 0 Å². The molecule has 3 heteroatoms. The van der Waals surface area contributed by atoms with Crippen LogP contribution in [0.1, 0.15) is 22.3 Å². The van der Waals surface area contributed by atoms with Crippen LogP contribution in [0.2, 0.25) is 0 Å². The van der Waals surface area contributed by atoms with Gasteiger partial charge in [0.05, 0.1) is 16.6 Å². The van der Waals surface area contributed by atoms with Crippen molar-refractivity contribution >= 4 is 22.7 Å². The van der Waals surface area contributed by atoms with Crippen LogP contribution < -0.4 is 0 Å². The molecule has 0 saturated carbocycles. The molecule has 48 heavy (non-hydrogen) atoms. The van der Waals surface area contributed by atoms with Crippen LogP contribution in [0.5, 0.6) is 0 Å². The Hall–Kier alpha value is -5.77. The van der Waals surface area contributed by atoms with Gasteiger partial charge in [-0.2, -0.15) is 0 Å². The van der Waals surface area contributed by atoms with Gasteiger partial charge in [-0.15, -0.1) is 0 Å². The summed E-state index contributed by atoms with van der Waals surface area (Å²) in [6.07, 6.45) is 0. The third kappa shape index (κ3) is 3.95. The van der Waals surface area contributed by atoms with Gasteiger partial charge < -0.3 is 0 Å². The van der Waals surface area contributed by atoms with E-state index < -0.39 is 0 Å². The minimum atomic E-state index is -0.350. The molecule has 1 aliphatic heterocycles. The molecule has 2 nitrogen and oxygen atoms in total. The van der Waals surface area contributed by atoms with Crippen LogP contribution in [0, 0.1) is 0 Å². The third-order valence-corrected chi connectivity index (χ3v) is 11.1. The van der Waals surface area contributed by atoms with Crippen molar-refractivity contribution in [2.45, 2.75) is 15.2 Å². The first-order chi connectivity index (χ1) is 23.8. The molecule has 8 aromatic rings. The smallest absolute Gasteiger partial charge is 0.160 e. The largest absolute Gasteiger partial charge is 0.228 e.